The number of para-hydroxylation sites is 1. The highest BCUT2D eigenvalue weighted by molar-refractivity contribution is 6.02. The van der Waals surface area contributed by atoms with Crippen molar-refractivity contribution in [2.75, 3.05) is 19.8 Å². The third-order valence-electron chi connectivity index (χ3n) is 2.46. The van der Waals surface area contributed by atoms with Gasteiger partial charge in [-0.2, -0.15) is 0 Å². The average Bonchev–Trinajstić information content (AvgIpc) is 2.52. The molecule has 1 amide bonds. The molecular formula is C15H19NO6. The summed E-state index contributed by atoms with van der Waals surface area (Å²) in [6.07, 6.45) is 0. The Labute approximate surface area is 128 Å². The predicted octanol–water partition coefficient (Wildman–Crippen LogP) is 0.676. The Morgan fingerprint density at radius 1 is 1.00 bits per heavy atom. The van der Waals surface area contributed by atoms with Crippen molar-refractivity contribution in [3.63, 3.8) is 0 Å². The minimum atomic E-state index is -1.49. The monoisotopic (exact) mass is 309 g/mol. The first kappa shape index (κ1) is 17.5. The van der Waals surface area contributed by atoms with Crippen molar-refractivity contribution in [2.24, 2.45) is 0 Å². The van der Waals surface area contributed by atoms with Crippen LogP contribution in [0.25, 0.3) is 0 Å². The van der Waals surface area contributed by atoms with E-state index in [2.05, 4.69) is 5.32 Å². The lowest BCUT2D eigenvalue weighted by molar-refractivity contribution is -0.159. The molecular weight excluding hydrogens is 290 g/mol. The summed E-state index contributed by atoms with van der Waals surface area (Å²) >= 11 is 0. The van der Waals surface area contributed by atoms with Crippen molar-refractivity contribution >= 4 is 17.8 Å². The van der Waals surface area contributed by atoms with Gasteiger partial charge in [-0.25, -0.2) is 9.59 Å². The van der Waals surface area contributed by atoms with Gasteiger partial charge < -0.3 is 19.5 Å². The van der Waals surface area contributed by atoms with Crippen LogP contribution in [0.5, 0.6) is 5.75 Å². The lowest BCUT2D eigenvalue weighted by atomic mass is 10.3. The summed E-state index contributed by atoms with van der Waals surface area (Å²) < 4.78 is 14.7. The Kier molecular flexibility index (Phi) is 7.45. The predicted molar refractivity (Wildman–Crippen MR) is 77.1 cm³/mol. The SMILES string of the molecule is CCOC(=O)C(NC(=O)COc1ccccc1)C(=O)OCC. The van der Waals surface area contributed by atoms with Crippen molar-refractivity contribution in [3.05, 3.63) is 30.3 Å². The van der Waals surface area contributed by atoms with Gasteiger partial charge in [-0.05, 0) is 26.0 Å². The van der Waals surface area contributed by atoms with Crippen molar-refractivity contribution < 1.29 is 28.6 Å². The zero-order valence-corrected chi connectivity index (χ0v) is 12.5. The van der Waals surface area contributed by atoms with Gasteiger partial charge in [-0.15, -0.1) is 0 Å². The molecule has 0 bridgehead atoms. The van der Waals surface area contributed by atoms with Crippen molar-refractivity contribution in [1.29, 1.82) is 0 Å². The van der Waals surface area contributed by atoms with Crippen LogP contribution in [0.2, 0.25) is 0 Å². The fourth-order valence-electron chi connectivity index (χ4n) is 1.53. The fraction of sp³-hybridized carbons (Fsp3) is 0.400. The Balaban J connectivity index is 2.58. The number of hydrogen-bond donors (Lipinski definition) is 1. The maximum atomic E-state index is 11.8. The Morgan fingerprint density at radius 3 is 2.05 bits per heavy atom. The molecule has 0 aromatic heterocycles. The lowest BCUT2D eigenvalue weighted by Gasteiger charge is -2.16. The zero-order chi connectivity index (χ0) is 16.4. The van der Waals surface area contributed by atoms with Crippen molar-refractivity contribution in [2.45, 2.75) is 19.9 Å². The molecule has 7 nitrogen and oxygen atoms in total. The molecule has 0 saturated heterocycles. The van der Waals surface area contributed by atoms with Crippen molar-refractivity contribution in [3.8, 4) is 5.75 Å². The van der Waals surface area contributed by atoms with E-state index in [0.29, 0.717) is 5.75 Å². The van der Waals surface area contributed by atoms with Gasteiger partial charge in [-0.3, -0.25) is 4.79 Å². The van der Waals surface area contributed by atoms with Gasteiger partial charge in [0.05, 0.1) is 13.2 Å². The first-order valence-corrected chi connectivity index (χ1v) is 6.89. The van der Waals surface area contributed by atoms with E-state index in [9.17, 15) is 14.4 Å². The maximum absolute atomic E-state index is 11.8. The molecule has 0 aliphatic carbocycles. The number of amides is 1. The van der Waals surface area contributed by atoms with Crippen LogP contribution in [0, 0.1) is 0 Å². The molecule has 0 spiro atoms. The van der Waals surface area contributed by atoms with Crippen LogP contribution in [0.3, 0.4) is 0 Å². The molecule has 0 atom stereocenters. The zero-order valence-electron chi connectivity index (χ0n) is 12.5. The number of esters is 2. The molecule has 0 radical (unpaired) electrons. The number of rotatable bonds is 8. The van der Waals surface area contributed by atoms with Gasteiger partial charge >= 0.3 is 11.9 Å². The smallest absolute Gasteiger partial charge is 0.340 e. The normalized spacial score (nSPS) is 9.95. The molecule has 0 aliphatic rings. The van der Waals surface area contributed by atoms with Gasteiger partial charge in [0.15, 0.2) is 6.61 Å². The maximum Gasteiger partial charge on any atom is 0.340 e. The van der Waals surface area contributed by atoms with Crippen LogP contribution in [0.1, 0.15) is 13.8 Å². The molecule has 22 heavy (non-hydrogen) atoms. The Bertz CT molecular complexity index is 484. The number of carbonyl (C=O) groups excluding carboxylic acids is 3. The molecule has 0 saturated carbocycles. The van der Waals surface area contributed by atoms with Crippen LogP contribution < -0.4 is 10.1 Å². The topological polar surface area (TPSA) is 90.9 Å². The number of nitrogens with one attached hydrogen (secondary N) is 1. The average molecular weight is 309 g/mol. The van der Waals surface area contributed by atoms with Crippen LogP contribution in [0.4, 0.5) is 0 Å². The summed E-state index contributed by atoms with van der Waals surface area (Å²) in [5.74, 6) is -1.86. The van der Waals surface area contributed by atoms with E-state index in [0.717, 1.165) is 0 Å². The number of hydrogen-bond acceptors (Lipinski definition) is 6. The third-order valence-corrected chi connectivity index (χ3v) is 2.46. The Morgan fingerprint density at radius 2 is 1.55 bits per heavy atom. The molecule has 1 rings (SSSR count). The summed E-state index contributed by atoms with van der Waals surface area (Å²) in [5.41, 5.74) is 0. The number of benzene rings is 1. The van der Waals surface area contributed by atoms with E-state index in [1.165, 1.54) is 0 Å². The molecule has 0 aliphatic heterocycles. The van der Waals surface area contributed by atoms with Gasteiger partial charge in [0.25, 0.3) is 5.91 Å². The molecule has 1 aromatic carbocycles. The standard InChI is InChI=1S/C15H19NO6/c1-3-20-14(18)13(15(19)21-4-2)16-12(17)10-22-11-8-6-5-7-9-11/h5-9,13H,3-4,10H2,1-2H3,(H,16,17). The second kappa shape index (κ2) is 9.38. The largest absolute Gasteiger partial charge is 0.484 e. The molecule has 1 aromatic rings. The number of ether oxygens (including phenoxy) is 3. The Hall–Kier alpha value is -2.57. The van der Waals surface area contributed by atoms with Crippen LogP contribution in [-0.4, -0.2) is 43.7 Å². The molecule has 0 unspecified atom stereocenters. The highest BCUT2D eigenvalue weighted by Crippen LogP contribution is 2.07. The van der Waals surface area contributed by atoms with Gasteiger partial charge in [0, 0.05) is 0 Å². The third kappa shape index (κ3) is 5.82. The minimum Gasteiger partial charge on any atom is -0.484 e. The molecule has 7 heteroatoms. The highest BCUT2D eigenvalue weighted by Gasteiger charge is 2.31. The summed E-state index contributed by atoms with van der Waals surface area (Å²) in [5, 5.41) is 2.24. The van der Waals surface area contributed by atoms with E-state index in [1.807, 2.05) is 6.07 Å². The minimum absolute atomic E-state index is 0.0884. The van der Waals surface area contributed by atoms with Crippen LogP contribution in [-0.2, 0) is 23.9 Å². The van der Waals surface area contributed by atoms with Crippen molar-refractivity contribution in [1.82, 2.24) is 5.32 Å². The van der Waals surface area contributed by atoms with E-state index in [4.69, 9.17) is 14.2 Å². The second-order valence-electron chi connectivity index (χ2n) is 4.11. The summed E-state index contributed by atoms with van der Waals surface area (Å²) in [6, 6.07) is 7.19. The summed E-state index contributed by atoms with van der Waals surface area (Å²) in [7, 11) is 0. The number of carbonyl (C=O) groups is 3. The fourth-order valence-corrected chi connectivity index (χ4v) is 1.53. The van der Waals surface area contributed by atoms with Gasteiger partial charge in [0.2, 0.25) is 6.04 Å². The van der Waals surface area contributed by atoms with Gasteiger partial charge in [-0.1, -0.05) is 18.2 Å². The molecule has 0 fully saturated rings. The highest BCUT2D eigenvalue weighted by atomic mass is 16.6. The molecule has 1 N–H and O–H groups in total. The van der Waals surface area contributed by atoms with E-state index < -0.39 is 23.9 Å². The second-order valence-corrected chi connectivity index (χ2v) is 4.11. The van der Waals surface area contributed by atoms with Crippen LogP contribution in [0.15, 0.2) is 30.3 Å². The van der Waals surface area contributed by atoms with E-state index in [1.54, 1.807) is 38.1 Å². The van der Waals surface area contributed by atoms with Crippen LogP contribution >= 0.6 is 0 Å². The van der Waals surface area contributed by atoms with E-state index >= 15 is 0 Å². The molecule has 0 heterocycles. The van der Waals surface area contributed by atoms with E-state index in [-0.39, 0.29) is 19.8 Å². The summed E-state index contributed by atoms with van der Waals surface area (Å²) in [6.45, 7) is 3.04. The summed E-state index contributed by atoms with van der Waals surface area (Å²) in [4.78, 5) is 35.2. The quantitative estimate of drug-likeness (QED) is 0.561. The molecule has 120 valence electrons. The first-order valence-electron chi connectivity index (χ1n) is 6.89. The van der Waals surface area contributed by atoms with Gasteiger partial charge in [0.1, 0.15) is 5.75 Å². The first-order chi connectivity index (χ1) is 10.6. The lowest BCUT2D eigenvalue weighted by Crippen LogP contribution is -2.49.